The third-order valence-corrected chi connectivity index (χ3v) is 5.86. The quantitative estimate of drug-likeness (QED) is 0.0941. The first-order valence-electron chi connectivity index (χ1n) is 11.9. The number of aryl methyl sites for hydroxylation is 1. The summed E-state index contributed by atoms with van der Waals surface area (Å²) in [7, 11) is 0. The second kappa shape index (κ2) is 15.4. The fraction of sp³-hybridized carbons (Fsp3) is 0.444. The van der Waals surface area contributed by atoms with E-state index in [0.717, 1.165) is 22.9 Å². The van der Waals surface area contributed by atoms with E-state index in [1.807, 2.05) is 19.1 Å². The molecule has 1 amide bonds. The fourth-order valence-electron chi connectivity index (χ4n) is 3.39. The van der Waals surface area contributed by atoms with Gasteiger partial charge in [0.25, 0.3) is 0 Å². The number of nitrogens with one attached hydrogen (secondary N) is 1. The molecule has 0 atom stereocenters. The zero-order valence-electron chi connectivity index (χ0n) is 19.7. The molecule has 2 rings (SSSR count). The number of carbonyl (C=O) groups is 2. The molecule has 2 aromatic carbocycles. The number of hydrogen-bond acceptors (Lipinski definition) is 4. The Morgan fingerprint density at radius 2 is 1.58 bits per heavy atom. The topological polar surface area (TPSA) is 67.8 Å². The average molecular weight is 515 g/mol. The molecular weight excluding hydrogens is 480 g/mol. The predicted molar refractivity (Wildman–Crippen MR) is 138 cm³/mol. The lowest BCUT2D eigenvalue weighted by Crippen LogP contribution is -2.17. The van der Waals surface area contributed by atoms with Crippen molar-refractivity contribution < 1.29 is 14.3 Å². The summed E-state index contributed by atoms with van der Waals surface area (Å²) >= 11 is 3.42. The first-order valence-corrected chi connectivity index (χ1v) is 12.7. The van der Waals surface area contributed by atoms with E-state index in [9.17, 15) is 9.59 Å². The van der Waals surface area contributed by atoms with Gasteiger partial charge >= 0.3 is 5.97 Å². The van der Waals surface area contributed by atoms with Crippen molar-refractivity contribution in [2.75, 3.05) is 0 Å². The summed E-state index contributed by atoms with van der Waals surface area (Å²) in [4.78, 5) is 24.5. The Bertz CT molecular complexity index is 910. The lowest BCUT2D eigenvalue weighted by atomic mass is 10.1. The molecule has 0 bridgehead atoms. The highest BCUT2D eigenvalue weighted by molar-refractivity contribution is 9.10. The van der Waals surface area contributed by atoms with Gasteiger partial charge in [-0.05, 0) is 43.7 Å². The lowest BCUT2D eigenvalue weighted by molar-refractivity contribution is -0.121. The predicted octanol–water partition coefficient (Wildman–Crippen LogP) is 7.35. The second-order valence-corrected chi connectivity index (χ2v) is 9.22. The Hall–Kier alpha value is -2.47. The maximum absolute atomic E-state index is 12.5. The summed E-state index contributed by atoms with van der Waals surface area (Å²) in [6, 6.07) is 12.5. The fourth-order valence-corrected chi connectivity index (χ4v) is 3.77. The van der Waals surface area contributed by atoms with Gasteiger partial charge in [-0.15, -0.1) is 0 Å². The van der Waals surface area contributed by atoms with Crippen molar-refractivity contribution in [3.63, 3.8) is 0 Å². The summed E-state index contributed by atoms with van der Waals surface area (Å²) < 4.78 is 6.37. The van der Waals surface area contributed by atoms with Crippen molar-refractivity contribution >= 4 is 34.0 Å². The van der Waals surface area contributed by atoms with Gasteiger partial charge < -0.3 is 4.74 Å². The van der Waals surface area contributed by atoms with Gasteiger partial charge in [0.05, 0.1) is 11.8 Å². The number of hydrogen-bond donors (Lipinski definition) is 1. The number of unbranched alkanes of at least 4 members (excludes halogenated alkanes) is 8. The van der Waals surface area contributed by atoms with Gasteiger partial charge in [0.15, 0.2) is 0 Å². The van der Waals surface area contributed by atoms with Crippen LogP contribution in [0.2, 0.25) is 0 Å². The van der Waals surface area contributed by atoms with E-state index < -0.39 is 5.97 Å². The molecule has 0 spiro atoms. The van der Waals surface area contributed by atoms with Crippen LogP contribution in [0, 0.1) is 6.92 Å². The molecule has 6 heteroatoms. The molecule has 0 unspecified atom stereocenters. The van der Waals surface area contributed by atoms with E-state index in [0.29, 0.717) is 23.3 Å². The number of esters is 1. The summed E-state index contributed by atoms with van der Waals surface area (Å²) in [5.74, 6) is -0.176. The molecule has 0 aliphatic carbocycles. The van der Waals surface area contributed by atoms with Crippen LogP contribution in [0.1, 0.15) is 92.6 Å². The Balaban J connectivity index is 1.77. The molecule has 178 valence electrons. The van der Waals surface area contributed by atoms with Crippen LogP contribution in [-0.2, 0) is 4.79 Å². The van der Waals surface area contributed by atoms with Crippen LogP contribution >= 0.6 is 15.9 Å². The van der Waals surface area contributed by atoms with E-state index >= 15 is 0 Å². The zero-order chi connectivity index (χ0) is 23.9. The van der Waals surface area contributed by atoms with Gasteiger partial charge in [-0.1, -0.05) is 91.9 Å². The number of nitrogens with zero attached hydrogens (tertiary/aromatic N) is 1. The summed E-state index contributed by atoms with van der Waals surface area (Å²) in [6.45, 7) is 4.19. The third kappa shape index (κ3) is 10.8. The molecule has 0 aliphatic rings. The van der Waals surface area contributed by atoms with Gasteiger partial charge in [-0.3, -0.25) is 4.79 Å². The maximum atomic E-state index is 12.5. The standard InChI is InChI=1S/C27H35BrN2O3/c1-3-4-5-6-7-8-9-10-11-12-26(31)30-29-20-23-19-24(28)17-18-25(23)33-27(32)22-15-13-21(2)14-16-22/h13-20H,3-12H2,1-2H3,(H,30,31). The Labute approximate surface area is 206 Å². The monoisotopic (exact) mass is 514 g/mol. The van der Waals surface area contributed by atoms with Crippen LogP contribution in [0.5, 0.6) is 5.75 Å². The van der Waals surface area contributed by atoms with Crippen LogP contribution in [-0.4, -0.2) is 18.1 Å². The number of hydrazone groups is 1. The van der Waals surface area contributed by atoms with Gasteiger partial charge in [0, 0.05) is 16.5 Å². The first-order chi connectivity index (χ1) is 16.0. The highest BCUT2D eigenvalue weighted by Gasteiger charge is 2.11. The highest BCUT2D eigenvalue weighted by atomic mass is 79.9. The van der Waals surface area contributed by atoms with Crippen molar-refractivity contribution in [2.24, 2.45) is 5.10 Å². The molecule has 0 fully saturated rings. The number of rotatable bonds is 14. The number of ether oxygens (including phenoxy) is 1. The molecule has 5 nitrogen and oxygen atoms in total. The van der Waals surface area contributed by atoms with E-state index in [1.54, 1.807) is 30.3 Å². The van der Waals surface area contributed by atoms with Crippen LogP contribution in [0.25, 0.3) is 0 Å². The molecule has 0 saturated heterocycles. The Kier molecular flexibility index (Phi) is 12.5. The van der Waals surface area contributed by atoms with Gasteiger partial charge in [0.1, 0.15) is 5.75 Å². The lowest BCUT2D eigenvalue weighted by Gasteiger charge is -2.08. The highest BCUT2D eigenvalue weighted by Crippen LogP contribution is 2.23. The molecule has 1 N–H and O–H groups in total. The van der Waals surface area contributed by atoms with Crippen molar-refractivity contribution in [1.29, 1.82) is 0 Å². The number of amides is 1. The van der Waals surface area contributed by atoms with Gasteiger partial charge in [-0.2, -0.15) is 5.10 Å². The van der Waals surface area contributed by atoms with Crippen molar-refractivity contribution in [1.82, 2.24) is 5.43 Å². The van der Waals surface area contributed by atoms with Gasteiger partial charge in [-0.25, -0.2) is 10.2 Å². The molecular formula is C27H35BrN2O3. The van der Waals surface area contributed by atoms with E-state index in [4.69, 9.17) is 4.74 Å². The molecule has 0 radical (unpaired) electrons. The first kappa shape index (κ1) is 26.8. The number of halogens is 1. The summed E-state index contributed by atoms with van der Waals surface area (Å²) in [6.07, 6.45) is 12.9. The van der Waals surface area contributed by atoms with Crippen LogP contribution in [0.4, 0.5) is 0 Å². The molecule has 0 aromatic heterocycles. The minimum atomic E-state index is -0.443. The van der Waals surface area contributed by atoms with Crippen molar-refractivity contribution in [3.8, 4) is 5.75 Å². The van der Waals surface area contributed by atoms with Crippen LogP contribution < -0.4 is 10.2 Å². The molecule has 0 heterocycles. The largest absolute Gasteiger partial charge is 0.422 e. The summed E-state index contributed by atoms with van der Waals surface area (Å²) in [5.41, 5.74) is 4.70. The van der Waals surface area contributed by atoms with Crippen LogP contribution in [0.3, 0.4) is 0 Å². The minimum Gasteiger partial charge on any atom is -0.422 e. The average Bonchev–Trinajstić information content (AvgIpc) is 2.80. The van der Waals surface area contributed by atoms with Crippen molar-refractivity contribution in [2.45, 2.75) is 78.1 Å². The summed E-state index contributed by atoms with van der Waals surface area (Å²) in [5, 5.41) is 4.06. The van der Waals surface area contributed by atoms with E-state index in [1.165, 1.54) is 51.2 Å². The molecule has 33 heavy (non-hydrogen) atoms. The van der Waals surface area contributed by atoms with Crippen LogP contribution in [0.15, 0.2) is 52.0 Å². The van der Waals surface area contributed by atoms with Gasteiger partial charge in [0.2, 0.25) is 5.91 Å². The molecule has 0 aliphatic heterocycles. The smallest absolute Gasteiger partial charge is 0.343 e. The second-order valence-electron chi connectivity index (χ2n) is 8.31. The SMILES string of the molecule is CCCCCCCCCCCC(=O)NN=Cc1cc(Br)ccc1OC(=O)c1ccc(C)cc1. The van der Waals surface area contributed by atoms with Crippen molar-refractivity contribution in [3.05, 3.63) is 63.6 Å². The third-order valence-electron chi connectivity index (χ3n) is 5.36. The molecule has 2 aromatic rings. The van der Waals surface area contributed by atoms with E-state index in [-0.39, 0.29) is 5.91 Å². The molecule has 0 saturated carbocycles. The minimum absolute atomic E-state index is 0.109. The Morgan fingerprint density at radius 1 is 0.939 bits per heavy atom. The normalized spacial score (nSPS) is 11.0. The van der Waals surface area contributed by atoms with E-state index in [2.05, 4.69) is 33.4 Å². The maximum Gasteiger partial charge on any atom is 0.343 e. The zero-order valence-corrected chi connectivity index (χ0v) is 21.3. The Morgan fingerprint density at radius 3 is 2.24 bits per heavy atom. The number of benzene rings is 2. The number of carbonyl (C=O) groups excluding carboxylic acids is 2.